The zero-order chi connectivity index (χ0) is 8.10. The van der Waals surface area contributed by atoms with E-state index in [9.17, 15) is 0 Å². The van der Waals surface area contributed by atoms with Crippen LogP contribution in [0.15, 0.2) is 30.3 Å². The fraction of sp³-hybridized carbons (Fsp3) is 0.250. The van der Waals surface area contributed by atoms with Crippen molar-refractivity contribution >= 4 is 0 Å². The molecule has 0 spiro atoms. The molecule has 1 aromatic carbocycles. The molecule has 60 valence electrons. The lowest BCUT2D eigenvalue weighted by atomic mass is 10.2. The summed E-state index contributed by atoms with van der Waals surface area (Å²) in [5, 5.41) is 17.5. The zero-order valence-corrected chi connectivity index (χ0v) is 5.97. The molecule has 11 heavy (non-hydrogen) atoms. The molecule has 0 aromatic heterocycles. The molecule has 3 heteroatoms. The maximum absolute atomic E-state index is 9.14. The van der Waals surface area contributed by atoms with Crippen molar-refractivity contribution in [1.29, 1.82) is 0 Å². The number of benzene rings is 1. The molecule has 0 fully saturated rings. The Morgan fingerprint density at radius 2 is 1.91 bits per heavy atom. The quantitative estimate of drug-likeness (QED) is 0.628. The molecule has 0 saturated heterocycles. The van der Waals surface area contributed by atoms with E-state index < -0.39 is 13.1 Å². The third-order valence-corrected chi connectivity index (χ3v) is 1.32. The molecule has 0 aliphatic carbocycles. The van der Waals surface area contributed by atoms with Gasteiger partial charge in [-0.1, -0.05) is 30.3 Å². The lowest BCUT2D eigenvalue weighted by Gasteiger charge is -2.08. The Balaban J connectivity index is 2.61. The van der Waals surface area contributed by atoms with Gasteiger partial charge in [-0.2, -0.15) is 0 Å². The Hall–Kier alpha value is -0.900. The first-order valence-corrected chi connectivity index (χ1v) is 3.30. The van der Waals surface area contributed by atoms with E-state index in [1.165, 1.54) is 0 Å². The summed E-state index contributed by atoms with van der Waals surface area (Å²) >= 11 is 0. The van der Waals surface area contributed by atoms with Crippen LogP contribution in [0, 0.1) is 0 Å². The summed E-state index contributed by atoms with van der Waals surface area (Å²) in [6, 6.07) is 8.87. The van der Waals surface area contributed by atoms with Crippen molar-refractivity contribution in [1.82, 2.24) is 0 Å². The first-order valence-electron chi connectivity index (χ1n) is 3.30. The van der Waals surface area contributed by atoms with Gasteiger partial charge in [0.2, 0.25) is 0 Å². The van der Waals surface area contributed by atoms with E-state index in [0.717, 1.165) is 0 Å². The molecular weight excluding hydrogens is 144 g/mol. The maximum Gasteiger partial charge on any atom is 0.183 e. The van der Waals surface area contributed by atoms with Gasteiger partial charge in [0.25, 0.3) is 0 Å². The molecule has 3 nitrogen and oxygen atoms in total. The molecule has 1 aromatic rings. The van der Waals surface area contributed by atoms with Crippen molar-refractivity contribution in [3.63, 3.8) is 0 Å². The van der Waals surface area contributed by atoms with Crippen molar-refractivity contribution in [2.45, 2.75) is 6.29 Å². The van der Waals surface area contributed by atoms with Gasteiger partial charge < -0.3 is 14.9 Å². The molecule has 2 N–H and O–H groups in total. The van der Waals surface area contributed by atoms with Crippen LogP contribution in [0.3, 0.4) is 0 Å². The largest absolute Gasteiger partial charge is 0.371 e. The summed E-state index contributed by atoms with van der Waals surface area (Å²) in [7, 11) is 0. The molecule has 0 saturated carbocycles. The Kier molecular flexibility index (Phi) is 3.04. The Labute approximate surface area is 64.9 Å². The SMILES string of the molecule is OCOC(O)c1ccccc1. The van der Waals surface area contributed by atoms with Crippen molar-refractivity contribution in [3.8, 4) is 0 Å². The van der Waals surface area contributed by atoms with Gasteiger partial charge in [0.1, 0.15) is 6.79 Å². The van der Waals surface area contributed by atoms with Gasteiger partial charge in [-0.25, -0.2) is 0 Å². The Morgan fingerprint density at radius 3 is 2.45 bits per heavy atom. The van der Waals surface area contributed by atoms with Crippen LogP contribution in [0.1, 0.15) is 11.9 Å². The lowest BCUT2D eigenvalue weighted by Crippen LogP contribution is -2.03. The molecule has 1 unspecified atom stereocenters. The molecular formula is C8H10O3. The van der Waals surface area contributed by atoms with Crippen LogP contribution in [0.25, 0.3) is 0 Å². The van der Waals surface area contributed by atoms with E-state index in [-0.39, 0.29) is 0 Å². The first kappa shape index (κ1) is 8.20. The molecule has 0 amide bonds. The predicted molar refractivity (Wildman–Crippen MR) is 39.6 cm³/mol. The van der Waals surface area contributed by atoms with Gasteiger partial charge in [-0.15, -0.1) is 0 Å². The number of aliphatic hydroxyl groups excluding tert-OH is 2. The van der Waals surface area contributed by atoms with Crippen LogP contribution in [-0.2, 0) is 4.74 Å². The normalized spacial score (nSPS) is 12.9. The van der Waals surface area contributed by atoms with Gasteiger partial charge in [-0.05, 0) is 0 Å². The number of ether oxygens (including phenoxy) is 1. The van der Waals surface area contributed by atoms with Gasteiger partial charge in [-0.3, -0.25) is 0 Å². The van der Waals surface area contributed by atoms with E-state index in [0.29, 0.717) is 5.56 Å². The summed E-state index contributed by atoms with van der Waals surface area (Å²) in [4.78, 5) is 0. The number of hydrogen-bond acceptors (Lipinski definition) is 3. The highest BCUT2D eigenvalue weighted by molar-refractivity contribution is 5.15. The predicted octanol–water partition coefficient (Wildman–Crippen LogP) is 0.644. The van der Waals surface area contributed by atoms with Gasteiger partial charge >= 0.3 is 0 Å². The Morgan fingerprint density at radius 1 is 1.27 bits per heavy atom. The number of hydrogen-bond donors (Lipinski definition) is 2. The molecule has 0 bridgehead atoms. The second-order valence-corrected chi connectivity index (χ2v) is 2.06. The smallest absolute Gasteiger partial charge is 0.183 e. The molecule has 0 radical (unpaired) electrons. The van der Waals surface area contributed by atoms with E-state index in [4.69, 9.17) is 10.2 Å². The van der Waals surface area contributed by atoms with Crippen LogP contribution in [0.4, 0.5) is 0 Å². The van der Waals surface area contributed by atoms with Crippen LogP contribution in [-0.4, -0.2) is 17.0 Å². The monoisotopic (exact) mass is 154 g/mol. The summed E-state index contributed by atoms with van der Waals surface area (Å²) in [6.07, 6.45) is -1.03. The minimum atomic E-state index is -1.03. The average molecular weight is 154 g/mol. The van der Waals surface area contributed by atoms with Crippen LogP contribution < -0.4 is 0 Å². The summed E-state index contributed by atoms with van der Waals surface area (Å²) in [6.45, 7) is -0.476. The van der Waals surface area contributed by atoms with E-state index in [1.54, 1.807) is 24.3 Å². The highest BCUT2D eigenvalue weighted by Crippen LogP contribution is 2.11. The molecule has 1 atom stereocenters. The van der Waals surface area contributed by atoms with Crippen molar-refractivity contribution in [2.75, 3.05) is 6.79 Å². The standard InChI is InChI=1S/C8H10O3/c9-6-11-8(10)7-4-2-1-3-5-7/h1-5,8-10H,6H2. The molecule has 0 aliphatic rings. The fourth-order valence-electron chi connectivity index (χ4n) is 0.784. The van der Waals surface area contributed by atoms with Crippen molar-refractivity contribution in [2.24, 2.45) is 0 Å². The zero-order valence-electron chi connectivity index (χ0n) is 5.97. The molecule has 1 rings (SSSR count). The highest BCUT2D eigenvalue weighted by Gasteiger charge is 2.04. The topological polar surface area (TPSA) is 49.7 Å². The maximum atomic E-state index is 9.14. The summed E-state index contributed by atoms with van der Waals surface area (Å²) in [5.74, 6) is 0. The average Bonchev–Trinajstić information content (AvgIpc) is 2.07. The van der Waals surface area contributed by atoms with Gasteiger partial charge in [0, 0.05) is 5.56 Å². The summed E-state index contributed by atoms with van der Waals surface area (Å²) in [5.41, 5.74) is 0.640. The Bertz CT molecular complexity index is 198. The third kappa shape index (κ3) is 2.31. The van der Waals surface area contributed by atoms with Crippen LogP contribution in [0.5, 0.6) is 0 Å². The highest BCUT2D eigenvalue weighted by atomic mass is 16.7. The minimum absolute atomic E-state index is 0.476. The van der Waals surface area contributed by atoms with Gasteiger partial charge in [0.05, 0.1) is 0 Å². The third-order valence-electron chi connectivity index (χ3n) is 1.32. The van der Waals surface area contributed by atoms with Gasteiger partial charge in [0.15, 0.2) is 6.29 Å². The summed E-state index contributed by atoms with van der Waals surface area (Å²) < 4.78 is 4.54. The van der Waals surface area contributed by atoms with Crippen LogP contribution in [0.2, 0.25) is 0 Å². The minimum Gasteiger partial charge on any atom is -0.371 e. The molecule has 0 aliphatic heterocycles. The van der Waals surface area contributed by atoms with Crippen molar-refractivity contribution in [3.05, 3.63) is 35.9 Å². The van der Waals surface area contributed by atoms with E-state index in [1.807, 2.05) is 6.07 Å². The second kappa shape index (κ2) is 4.08. The number of rotatable bonds is 3. The number of aliphatic hydroxyl groups is 2. The molecule has 0 heterocycles. The first-order chi connectivity index (χ1) is 5.34. The van der Waals surface area contributed by atoms with E-state index in [2.05, 4.69) is 4.74 Å². The van der Waals surface area contributed by atoms with Crippen LogP contribution >= 0.6 is 0 Å². The van der Waals surface area contributed by atoms with Crippen molar-refractivity contribution < 1.29 is 14.9 Å². The van der Waals surface area contributed by atoms with E-state index >= 15 is 0 Å². The lowest BCUT2D eigenvalue weighted by molar-refractivity contribution is -0.154. The fourth-order valence-corrected chi connectivity index (χ4v) is 0.784. The second-order valence-electron chi connectivity index (χ2n) is 2.06.